The summed E-state index contributed by atoms with van der Waals surface area (Å²) in [5.74, 6) is 0.730. The Morgan fingerprint density at radius 1 is 1.00 bits per heavy atom. The molecular formula is C24H20N4O3S. The molecule has 32 heavy (non-hydrogen) atoms. The van der Waals surface area contributed by atoms with Crippen molar-refractivity contribution >= 4 is 22.4 Å². The Balaban J connectivity index is 1.46. The van der Waals surface area contributed by atoms with E-state index in [9.17, 15) is 9.90 Å². The summed E-state index contributed by atoms with van der Waals surface area (Å²) >= 11 is 1.52. The molecule has 1 saturated heterocycles. The summed E-state index contributed by atoms with van der Waals surface area (Å²) in [7, 11) is 0. The lowest BCUT2D eigenvalue weighted by molar-refractivity contribution is -0.149. The van der Waals surface area contributed by atoms with E-state index in [2.05, 4.69) is 9.97 Å². The predicted octanol–water partition coefficient (Wildman–Crippen LogP) is 4.97. The van der Waals surface area contributed by atoms with E-state index in [1.165, 1.54) is 17.7 Å². The van der Waals surface area contributed by atoms with Gasteiger partial charge in [0.25, 0.3) is 0 Å². The smallest absolute Gasteiger partial charge is 0.312 e. The van der Waals surface area contributed by atoms with Crippen LogP contribution in [0.1, 0.15) is 6.92 Å². The van der Waals surface area contributed by atoms with Crippen molar-refractivity contribution in [2.75, 3.05) is 18.0 Å². The minimum absolute atomic E-state index is 0.434. The lowest BCUT2D eigenvalue weighted by Crippen LogP contribution is -2.59. The Hall–Kier alpha value is -3.78. The number of carboxylic acids is 1. The number of nitrogens with zero attached hydrogens (tertiary/aromatic N) is 4. The summed E-state index contributed by atoms with van der Waals surface area (Å²) in [6.07, 6.45) is 5.02. The first-order valence-corrected chi connectivity index (χ1v) is 10.9. The molecule has 8 heteroatoms. The van der Waals surface area contributed by atoms with Crippen LogP contribution in [-0.4, -0.2) is 39.1 Å². The van der Waals surface area contributed by atoms with Gasteiger partial charge in [0, 0.05) is 36.6 Å². The molecule has 0 amide bonds. The summed E-state index contributed by atoms with van der Waals surface area (Å²) < 4.78 is 5.90. The number of anilines is 1. The zero-order valence-electron chi connectivity index (χ0n) is 17.3. The van der Waals surface area contributed by atoms with E-state index in [-0.39, 0.29) is 0 Å². The van der Waals surface area contributed by atoms with Crippen LogP contribution in [0.15, 0.2) is 73.3 Å². The largest absolute Gasteiger partial charge is 0.481 e. The van der Waals surface area contributed by atoms with E-state index in [1.54, 1.807) is 19.3 Å². The van der Waals surface area contributed by atoms with Gasteiger partial charge in [-0.3, -0.25) is 4.79 Å². The molecule has 5 rings (SSSR count). The van der Waals surface area contributed by atoms with Crippen LogP contribution in [-0.2, 0) is 4.79 Å². The van der Waals surface area contributed by atoms with Gasteiger partial charge in [0.1, 0.15) is 17.8 Å². The van der Waals surface area contributed by atoms with Gasteiger partial charge in [-0.25, -0.2) is 15.0 Å². The van der Waals surface area contributed by atoms with Crippen LogP contribution in [0.5, 0.6) is 11.5 Å². The predicted molar refractivity (Wildman–Crippen MR) is 123 cm³/mol. The zero-order chi connectivity index (χ0) is 22.1. The molecule has 0 spiro atoms. The van der Waals surface area contributed by atoms with Crippen molar-refractivity contribution in [2.45, 2.75) is 6.92 Å². The van der Waals surface area contributed by atoms with E-state index in [1.807, 2.05) is 59.5 Å². The highest BCUT2D eigenvalue weighted by Crippen LogP contribution is 2.44. The van der Waals surface area contributed by atoms with Crippen LogP contribution in [0.4, 0.5) is 5.13 Å². The normalized spacial score (nSPS) is 14.6. The summed E-state index contributed by atoms with van der Waals surface area (Å²) in [4.78, 5) is 27.6. The molecule has 160 valence electrons. The number of hydrogen-bond acceptors (Lipinski definition) is 7. The van der Waals surface area contributed by atoms with Gasteiger partial charge < -0.3 is 14.7 Å². The van der Waals surface area contributed by atoms with Crippen molar-refractivity contribution in [1.82, 2.24) is 15.0 Å². The van der Waals surface area contributed by atoms with Crippen molar-refractivity contribution < 1.29 is 14.6 Å². The molecule has 1 aliphatic heterocycles. The maximum Gasteiger partial charge on any atom is 0.312 e. The number of aromatic nitrogens is 3. The van der Waals surface area contributed by atoms with E-state index >= 15 is 0 Å². The Morgan fingerprint density at radius 3 is 2.31 bits per heavy atom. The highest BCUT2D eigenvalue weighted by atomic mass is 32.1. The lowest BCUT2D eigenvalue weighted by Gasteiger charge is -2.44. The van der Waals surface area contributed by atoms with Crippen LogP contribution < -0.4 is 9.64 Å². The standard InChI is InChI=1S/C24H20N4O3S/c1-24(22(29)30)13-28(14-24)23-27-20(21(32-23)17-11-25-15-26-12-17)16-7-9-19(10-8-16)31-18-5-3-2-4-6-18/h2-12,15H,13-14H2,1H3,(H,29,30). The zero-order valence-corrected chi connectivity index (χ0v) is 18.1. The molecule has 3 heterocycles. The van der Waals surface area contributed by atoms with Gasteiger partial charge in [-0.2, -0.15) is 0 Å². The number of thiazole rings is 1. The molecule has 0 aliphatic carbocycles. The number of hydrogen-bond donors (Lipinski definition) is 1. The van der Waals surface area contributed by atoms with Crippen LogP contribution in [0.3, 0.4) is 0 Å². The first kappa shape index (κ1) is 20.1. The molecule has 4 aromatic rings. The molecule has 0 bridgehead atoms. The summed E-state index contributed by atoms with van der Waals surface area (Å²) in [6.45, 7) is 2.63. The van der Waals surface area contributed by atoms with E-state index in [0.717, 1.165) is 38.3 Å². The molecule has 0 atom stereocenters. The molecule has 0 saturated carbocycles. The third-order valence-electron chi connectivity index (χ3n) is 5.41. The Morgan fingerprint density at radius 2 is 1.66 bits per heavy atom. The lowest BCUT2D eigenvalue weighted by atomic mass is 9.82. The number of carboxylic acid groups (broad SMARTS) is 1. The average molecular weight is 445 g/mol. The number of para-hydroxylation sites is 1. The summed E-state index contributed by atoms with van der Waals surface area (Å²) in [5, 5.41) is 10.2. The quantitative estimate of drug-likeness (QED) is 0.449. The summed E-state index contributed by atoms with van der Waals surface area (Å²) in [5.41, 5.74) is 1.89. The Kier molecular flexibility index (Phi) is 5.07. The molecule has 2 aromatic heterocycles. The number of benzene rings is 2. The number of carbonyl (C=O) groups is 1. The van der Waals surface area contributed by atoms with Gasteiger partial charge in [0.15, 0.2) is 5.13 Å². The molecule has 2 aromatic carbocycles. The molecule has 0 unspecified atom stereocenters. The second kappa shape index (κ2) is 8.05. The molecule has 1 N–H and O–H groups in total. The van der Waals surface area contributed by atoms with E-state index in [0.29, 0.717) is 13.1 Å². The van der Waals surface area contributed by atoms with Crippen molar-refractivity contribution in [1.29, 1.82) is 0 Å². The SMILES string of the molecule is CC1(C(=O)O)CN(c2nc(-c3ccc(Oc4ccccc4)cc3)c(-c3cncnc3)s2)C1. The van der Waals surface area contributed by atoms with Gasteiger partial charge in [-0.1, -0.05) is 29.5 Å². The minimum Gasteiger partial charge on any atom is -0.481 e. The van der Waals surface area contributed by atoms with Gasteiger partial charge >= 0.3 is 5.97 Å². The Labute approximate surface area is 189 Å². The number of aliphatic carboxylic acids is 1. The number of rotatable bonds is 6. The maximum absolute atomic E-state index is 11.5. The monoisotopic (exact) mass is 444 g/mol. The maximum atomic E-state index is 11.5. The highest BCUT2D eigenvalue weighted by Gasteiger charge is 2.46. The third kappa shape index (κ3) is 3.80. The van der Waals surface area contributed by atoms with Gasteiger partial charge in [0.05, 0.1) is 16.0 Å². The third-order valence-corrected chi connectivity index (χ3v) is 6.58. The van der Waals surface area contributed by atoms with Gasteiger partial charge in [-0.15, -0.1) is 0 Å². The molecule has 7 nitrogen and oxygen atoms in total. The van der Waals surface area contributed by atoms with Crippen molar-refractivity contribution in [3.8, 4) is 33.2 Å². The van der Waals surface area contributed by atoms with Crippen LogP contribution in [0.2, 0.25) is 0 Å². The molecule has 1 fully saturated rings. The molecular weight excluding hydrogens is 424 g/mol. The van der Waals surface area contributed by atoms with E-state index in [4.69, 9.17) is 9.72 Å². The first-order valence-electron chi connectivity index (χ1n) is 10.1. The minimum atomic E-state index is -0.781. The second-order valence-electron chi connectivity index (χ2n) is 7.96. The van der Waals surface area contributed by atoms with Crippen molar-refractivity contribution in [3.63, 3.8) is 0 Å². The van der Waals surface area contributed by atoms with E-state index < -0.39 is 11.4 Å². The van der Waals surface area contributed by atoms with Gasteiger partial charge in [0.2, 0.25) is 0 Å². The fourth-order valence-corrected chi connectivity index (χ4v) is 4.69. The number of ether oxygens (including phenoxy) is 1. The fourth-order valence-electron chi connectivity index (χ4n) is 3.62. The molecule has 1 aliphatic rings. The average Bonchev–Trinajstić information content (AvgIpc) is 3.23. The Bertz CT molecular complexity index is 1240. The highest BCUT2D eigenvalue weighted by molar-refractivity contribution is 7.19. The van der Waals surface area contributed by atoms with Crippen LogP contribution in [0, 0.1) is 5.41 Å². The van der Waals surface area contributed by atoms with Crippen LogP contribution >= 0.6 is 11.3 Å². The topological polar surface area (TPSA) is 88.4 Å². The van der Waals surface area contributed by atoms with Gasteiger partial charge in [-0.05, 0) is 43.3 Å². The van der Waals surface area contributed by atoms with Crippen molar-refractivity contribution in [3.05, 3.63) is 73.3 Å². The van der Waals surface area contributed by atoms with Crippen LogP contribution in [0.25, 0.3) is 21.7 Å². The second-order valence-corrected chi connectivity index (χ2v) is 8.94. The van der Waals surface area contributed by atoms with Crippen molar-refractivity contribution in [2.24, 2.45) is 5.41 Å². The first-order chi connectivity index (χ1) is 15.5. The fraction of sp³-hybridized carbons (Fsp3) is 0.167. The summed E-state index contributed by atoms with van der Waals surface area (Å²) in [6, 6.07) is 17.4. The molecule has 0 radical (unpaired) electrons.